The molecular formula is C15H19ClN2O2. The molecule has 1 aromatic carbocycles. The third-order valence-corrected chi connectivity index (χ3v) is 3.75. The van der Waals surface area contributed by atoms with Crippen molar-refractivity contribution in [3.8, 4) is 0 Å². The van der Waals surface area contributed by atoms with E-state index in [1.165, 1.54) is 4.90 Å². The van der Waals surface area contributed by atoms with Crippen LogP contribution >= 0.6 is 11.6 Å². The standard InChI is InChI=1S/C15H19ClN2O2/c1-10(2)9-13-14(19)18(15(20)17-13)8-7-11-5-3-4-6-12(11)16/h3-6,10,13H,7-9H2,1-2H3,(H,17,20)/t13-/m0/s1. The molecule has 0 bridgehead atoms. The fraction of sp³-hybridized carbons (Fsp3) is 0.467. The Morgan fingerprint density at radius 3 is 2.65 bits per heavy atom. The van der Waals surface area contributed by atoms with Crippen LogP contribution in [0.25, 0.3) is 0 Å². The highest BCUT2D eigenvalue weighted by atomic mass is 35.5. The van der Waals surface area contributed by atoms with Gasteiger partial charge in [-0.2, -0.15) is 0 Å². The number of rotatable bonds is 5. The number of imide groups is 1. The van der Waals surface area contributed by atoms with Gasteiger partial charge in [-0.25, -0.2) is 4.79 Å². The molecule has 1 aliphatic heterocycles. The number of amides is 3. The molecule has 0 aromatic heterocycles. The smallest absolute Gasteiger partial charge is 0.324 e. The maximum atomic E-state index is 12.2. The van der Waals surface area contributed by atoms with Crippen molar-refractivity contribution in [3.05, 3.63) is 34.9 Å². The predicted octanol–water partition coefficient (Wildman–Crippen LogP) is 2.85. The zero-order valence-electron chi connectivity index (χ0n) is 11.7. The first kappa shape index (κ1) is 14.9. The first-order valence-electron chi connectivity index (χ1n) is 6.84. The van der Waals surface area contributed by atoms with Gasteiger partial charge in [0.25, 0.3) is 5.91 Å². The summed E-state index contributed by atoms with van der Waals surface area (Å²) < 4.78 is 0. The van der Waals surface area contributed by atoms with Crippen LogP contribution in [-0.4, -0.2) is 29.4 Å². The van der Waals surface area contributed by atoms with Crippen molar-refractivity contribution in [2.24, 2.45) is 5.92 Å². The minimum absolute atomic E-state index is 0.129. The Hall–Kier alpha value is -1.55. The van der Waals surface area contributed by atoms with Gasteiger partial charge >= 0.3 is 6.03 Å². The number of carbonyl (C=O) groups excluding carboxylic acids is 2. The molecule has 1 aliphatic rings. The molecule has 0 spiro atoms. The zero-order chi connectivity index (χ0) is 14.7. The van der Waals surface area contributed by atoms with Crippen LogP contribution in [0.5, 0.6) is 0 Å². The van der Waals surface area contributed by atoms with Crippen molar-refractivity contribution in [1.82, 2.24) is 10.2 Å². The number of carbonyl (C=O) groups is 2. The monoisotopic (exact) mass is 294 g/mol. The van der Waals surface area contributed by atoms with Gasteiger partial charge in [0.2, 0.25) is 0 Å². The summed E-state index contributed by atoms with van der Waals surface area (Å²) in [5.74, 6) is 0.239. The fourth-order valence-corrected chi connectivity index (χ4v) is 2.58. The Bertz CT molecular complexity index is 516. The van der Waals surface area contributed by atoms with E-state index < -0.39 is 0 Å². The largest absolute Gasteiger partial charge is 0.326 e. The second kappa shape index (κ2) is 6.27. The summed E-state index contributed by atoms with van der Waals surface area (Å²) >= 11 is 6.08. The van der Waals surface area contributed by atoms with Crippen LogP contribution < -0.4 is 5.32 Å². The average Bonchev–Trinajstić information content (AvgIpc) is 2.63. The van der Waals surface area contributed by atoms with E-state index in [1.807, 2.05) is 38.1 Å². The molecule has 1 heterocycles. The molecule has 1 aromatic rings. The summed E-state index contributed by atoms with van der Waals surface area (Å²) in [4.78, 5) is 25.3. The summed E-state index contributed by atoms with van der Waals surface area (Å²) in [6.45, 7) is 4.43. The SMILES string of the molecule is CC(C)C[C@@H]1NC(=O)N(CCc2ccccc2Cl)C1=O. The molecule has 0 radical (unpaired) electrons. The first-order chi connectivity index (χ1) is 9.49. The lowest BCUT2D eigenvalue weighted by Gasteiger charge is -2.14. The maximum absolute atomic E-state index is 12.2. The van der Waals surface area contributed by atoms with Crippen molar-refractivity contribution in [2.75, 3.05) is 6.54 Å². The highest BCUT2D eigenvalue weighted by Gasteiger charge is 2.37. The summed E-state index contributed by atoms with van der Waals surface area (Å²) in [6.07, 6.45) is 1.25. The molecule has 2 rings (SSSR count). The number of hydrogen-bond acceptors (Lipinski definition) is 2. The van der Waals surface area contributed by atoms with E-state index in [2.05, 4.69) is 5.32 Å². The summed E-state index contributed by atoms with van der Waals surface area (Å²) in [6, 6.07) is 6.80. The molecule has 0 unspecified atom stereocenters. The first-order valence-corrected chi connectivity index (χ1v) is 7.22. The Morgan fingerprint density at radius 1 is 1.30 bits per heavy atom. The van der Waals surface area contributed by atoms with Crippen LogP contribution in [-0.2, 0) is 11.2 Å². The van der Waals surface area contributed by atoms with Gasteiger partial charge in [0.05, 0.1) is 0 Å². The van der Waals surface area contributed by atoms with Gasteiger partial charge in [-0.3, -0.25) is 9.69 Å². The molecule has 108 valence electrons. The second-order valence-corrected chi connectivity index (χ2v) is 5.87. The minimum Gasteiger partial charge on any atom is -0.326 e. The van der Waals surface area contributed by atoms with Crippen molar-refractivity contribution in [3.63, 3.8) is 0 Å². The van der Waals surface area contributed by atoms with Crippen LogP contribution in [0.1, 0.15) is 25.8 Å². The second-order valence-electron chi connectivity index (χ2n) is 5.46. The van der Waals surface area contributed by atoms with E-state index in [9.17, 15) is 9.59 Å². The summed E-state index contributed by atoms with van der Waals surface area (Å²) in [7, 11) is 0. The summed E-state index contributed by atoms with van der Waals surface area (Å²) in [5.41, 5.74) is 0.946. The molecule has 1 saturated heterocycles. The normalized spacial score (nSPS) is 18.8. The van der Waals surface area contributed by atoms with Crippen molar-refractivity contribution < 1.29 is 9.59 Å². The highest BCUT2D eigenvalue weighted by molar-refractivity contribution is 6.31. The molecular weight excluding hydrogens is 276 g/mol. The third kappa shape index (κ3) is 3.31. The Balaban J connectivity index is 1.98. The lowest BCUT2D eigenvalue weighted by Crippen LogP contribution is -2.33. The van der Waals surface area contributed by atoms with E-state index in [-0.39, 0.29) is 18.0 Å². The molecule has 1 atom stereocenters. The predicted molar refractivity (Wildman–Crippen MR) is 78.6 cm³/mol. The number of nitrogens with zero attached hydrogens (tertiary/aromatic N) is 1. The Labute approximate surface area is 124 Å². The van der Waals surface area contributed by atoms with Gasteiger partial charge in [-0.1, -0.05) is 43.6 Å². The van der Waals surface area contributed by atoms with Gasteiger partial charge in [0.15, 0.2) is 0 Å². The van der Waals surface area contributed by atoms with Gasteiger partial charge in [-0.05, 0) is 30.4 Å². The Kier molecular flexibility index (Phi) is 4.65. The van der Waals surface area contributed by atoms with Crippen LogP contribution in [0.2, 0.25) is 5.02 Å². The summed E-state index contributed by atoms with van der Waals surface area (Å²) in [5, 5.41) is 3.41. The zero-order valence-corrected chi connectivity index (χ0v) is 12.5. The quantitative estimate of drug-likeness (QED) is 0.849. The number of benzene rings is 1. The molecule has 1 fully saturated rings. The lowest BCUT2D eigenvalue weighted by atomic mass is 10.0. The lowest BCUT2D eigenvalue weighted by molar-refractivity contribution is -0.127. The highest BCUT2D eigenvalue weighted by Crippen LogP contribution is 2.18. The molecule has 0 aliphatic carbocycles. The van der Waals surface area contributed by atoms with E-state index in [0.29, 0.717) is 30.3 Å². The molecule has 20 heavy (non-hydrogen) atoms. The molecule has 3 amide bonds. The van der Waals surface area contributed by atoms with Gasteiger partial charge in [-0.15, -0.1) is 0 Å². The van der Waals surface area contributed by atoms with E-state index in [1.54, 1.807) is 0 Å². The van der Waals surface area contributed by atoms with Crippen molar-refractivity contribution in [2.45, 2.75) is 32.7 Å². The van der Waals surface area contributed by atoms with E-state index in [0.717, 1.165) is 5.56 Å². The third-order valence-electron chi connectivity index (χ3n) is 3.38. The number of hydrogen-bond donors (Lipinski definition) is 1. The van der Waals surface area contributed by atoms with Crippen LogP contribution in [0.3, 0.4) is 0 Å². The van der Waals surface area contributed by atoms with Crippen LogP contribution in [0, 0.1) is 5.92 Å². The van der Waals surface area contributed by atoms with Crippen LogP contribution in [0.15, 0.2) is 24.3 Å². The topological polar surface area (TPSA) is 49.4 Å². The number of urea groups is 1. The fourth-order valence-electron chi connectivity index (χ4n) is 2.35. The molecule has 1 N–H and O–H groups in total. The van der Waals surface area contributed by atoms with Crippen molar-refractivity contribution >= 4 is 23.5 Å². The van der Waals surface area contributed by atoms with Crippen molar-refractivity contribution in [1.29, 1.82) is 0 Å². The Morgan fingerprint density at radius 2 is 2.00 bits per heavy atom. The molecule has 0 saturated carbocycles. The van der Waals surface area contributed by atoms with Gasteiger partial charge in [0, 0.05) is 11.6 Å². The number of halogens is 1. The van der Waals surface area contributed by atoms with E-state index >= 15 is 0 Å². The maximum Gasteiger partial charge on any atom is 0.324 e. The molecule has 5 heteroatoms. The van der Waals surface area contributed by atoms with Gasteiger partial charge < -0.3 is 5.32 Å². The average molecular weight is 295 g/mol. The van der Waals surface area contributed by atoms with E-state index in [4.69, 9.17) is 11.6 Å². The van der Waals surface area contributed by atoms with Gasteiger partial charge in [0.1, 0.15) is 6.04 Å². The number of nitrogens with one attached hydrogen (secondary N) is 1. The molecule has 4 nitrogen and oxygen atoms in total. The van der Waals surface area contributed by atoms with Crippen LogP contribution in [0.4, 0.5) is 4.79 Å². The minimum atomic E-state index is -0.381.